The lowest BCUT2D eigenvalue weighted by atomic mass is 9.91. The van der Waals surface area contributed by atoms with Crippen LogP contribution in [-0.4, -0.2) is 238 Å². The second-order valence-electron chi connectivity index (χ2n) is 30.3. The fourth-order valence-corrected chi connectivity index (χ4v) is 12.2. The minimum Gasteiger partial charge on any atom is -0.504 e. The van der Waals surface area contributed by atoms with Crippen LogP contribution in [0.4, 0.5) is 0 Å². The lowest BCUT2D eigenvalue weighted by Gasteiger charge is -2.41. The van der Waals surface area contributed by atoms with Gasteiger partial charge in [0.1, 0.15) is 72.6 Å². The predicted molar refractivity (Wildman–Crippen MR) is 398 cm³/mol. The van der Waals surface area contributed by atoms with Gasteiger partial charge in [0, 0.05) is 66.9 Å². The van der Waals surface area contributed by atoms with E-state index in [0.717, 1.165) is 15.4 Å². The van der Waals surface area contributed by atoms with Crippen molar-refractivity contribution in [3.8, 4) is 11.5 Å². The Bertz CT molecular complexity index is 3340. The molecule has 27 nitrogen and oxygen atoms in total. The SMILES string of the molecule is CC(C)=CCOc1cc2oc(=O)ccc2cc1O.CC=CCC(C)C(O)C1C(=O)NC(CC)C(=O)N(C)CC(=O)N(C)C(CC(C)C)C(=O)NC(C(C)C)C(=O)N(C)C(CC(C)C)C(=O)NC(C)C(=O)NC(C)C(=O)N(C)C(CC(C)C)C(=O)N(C)C(CC(C)C)C(=O)N(C)C(C(C)C)C(=O)N1C. The smallest absolute Gasteiger partial charge is 0.336 e. The van der Waals surface area contributed by atoms with Crippen LogP contribution >= 0.6 is 0 Å². The average Bonchev–Trinajstić information content (AvgIpc) is 0.814. The number of carbonyl (C=O) groups is 11. The van der Waals surface area contributed by atoms with Crippen LogP contribution < -0.4 is 31.6 Å². The molecule has 0 bridgehead atoms. The number of phenolic OH excluding ortho intramolecular Hbond substituents is 1. The summed E-state index contributed by atoms with van der Waals surface area (Å²) in [6.07, 6.45) is 4.94. The molecule has 6 N–H and O–H groups in total. The first-order chi connectivity index (χ1) is 47.8. The van der Waals surface area contributed by atoms with Gasteiger partial charge in [-0.3, -0.25) is 52.7 Å². The minimum atomic E-state index is -1.61. The van der Waals surface area contributed by atoms with Gasteiger partial charge in [-0.05, 0) is 133 Å². The lowest BCUT2D eigenvalue weighted by molar-refractivity contribution is -0.157. The van der Waals surface area contributed by atoms with Gasteiger partial charge in [0.25, 0.3) is 0 Å². The molecule has 0 saturated carbocycles. The number of ether oxygens (including phenoxy) is 1. The van der Waals surface area contributed by atoms with Crippen molar-refractivity contribution in [2.75, 3.05) is 62.5 Å². The fraction of sp³-hybridized carbons (Fsp3) is 0.684. The summed E-state index contributed by atoms with van der Waals surface area (Å²) >= 11 is 0. The van der Waals surface area contributed by atoms with Gasteiger partial charge in [-0.2, -0.15) is 0 Å². The highest BCUT2D eigenvalue weighted by Crippen LogP contribution is 2.31. The standard InChI is InChI=1S/C62H111N11O12.C14H14O4/c1-25-27-28-40(15)52(75)51-56(79)65-43(26-2)58(81)67(18)33-48(74)68(19)44(29-34(3)4)55(78)66-49(38(11)12)61(84)69(20)45(30-35(5)6)54(77)63-41(16)53(76)64-42(17)57(80)70(21)46(31-36(7)8)59(82)71(22)47(32-37(9)10)60(83)72(23)50(39(13)14)62(85)73(51)24;1-9(2)5-6-17-13-8-12-10(7-11(13)15)3-4-14(16)18-12/h25,27,34-47,49-52,75H,26,28-33H2,1-24H3,(H,63,77)(H,64,76)(H,65,79)(H,66,78);3-5,7-8,15H,6H2,1-2H3. The van der Waals surface area contributed by atoms with E-state index in [1.54, 1.807) is 60.6 Å². The Morgan fingerprint density at radius 3 is 1.52 bits per heavy atom. The van der Waals surface area contributed by atoms with Gasteiger partial charge in [0.05, 0.1) is 12.6 Å². The zero-order valence-corrected chi connectivity index (χ0v) is 66.3. The zero-order valence-electron chi connectivity index (χ0n) is 66.3. The van der Waals surface area contributed by atoms with Crippen LogP contribution in [0.2, 0.25) is 0 Å². The van der Waals surface area contributed by atoms with Crippen LogP contribution in [0.15, 0.2) is 57.3 Å². The number of fused-ring (bicyclic) bond motifs is 1. The van der Waals surface area contributed by atoms with Crippen molar-refractivity contribution in [3.05, 3.63) is 58.5 Å². The molecule has 3 rings (SSSR count). The molecule has 0 spiro atoms. The van der Waals surface area contributed by atoms with Crippen molar-refractivity contribution in [1.29, 1.82) is 0 Å². The summed E-state index contributed by atoms with van der Waals surface area (Å²) < 4.78 is 10.4. The van der Waals surface area contributed by atoms with Crippen LogP contribution in [-0.2, 0) is 52.7 Å². The van der Waals surface area contributed by atoms with E-state index in [1.807, 2.05) is 81.4 Å². The second kappa shape index (κ2) is 41.8. The first-order valence-corrected chi connectivity index (χ1v) is 36.2. The third-order valence-corrected chi connectivity index (χ3v) is 18.5. The highest BCUT2D eigenvalue weighted by Gasteiger charge is 2.46. The molecular weight excluding hydrogens is 1320 g/mol. The fourth-order valence-electron chi connectivity index (χ4n) is 12.2. The van der Waals surface area contributed by atoms with Crippen molar-refractivity contribution in [1.82, 2.24) is 55.6 Å². The molecule has 2 heterocycles. The van der Waals surface area contributed by atoms with E-state index in [9.17, 15) is 58.2 Å². The van der Waals surface area contributed by atoms with Gasteiger partial charge >= 0.3 is 5.63 Å². The Balaban J connectivity index is 0.00000171. The van der Waals surface area contributed by atoms with Crippen molar-refractivity contribution in [3.63, 3.8) is 0 Å². The number of aromatic hydroxyl groups is 1. The molecule has 1 aromatic carbocycles. The van der Waals surface area contributed by atoms with E-state index in [1.165, 1.54) is 106 Å². The Labute approximate surface area is 611 Å². The van der Waals surface area contributed by atoms with Crippen LogP contribution in [0.5, 0.6) is 11.5 Å². The maximum Gasteiger partial charge on any atom is 0.336 e. The normalized spacial score (nSPS) is 24.0. The summed E-state index contributed by atoms with van der Waals surface area (Å²) in [5.74, 6) is -9.38. The maximum absolute atomic E-state index is 15.1. The molecule has 1 fully saturated rings. The molecule has 12 atom stereocenters. The van der Waals surface area contributed by atoms with E-state index in [-0.39, 0.29) is 61.5 Å². The molecule has 103 heavy (non-hydrogen) atoms. The Kier molecular flexibility index (Phi) is 36.8. The molecule has 1 aliphatic heterocycles. The van der Waals surface area contributed by atoms with Gasteiger partial charge < -0.3 is 74.9 Å². The van der Waals surface area contributed by atoms with Crippen molar-refractivity contribution in [2.24, 2.45) is 41.4 Å². The number of likely N-dealkylation sites (N-methyl/N-ethyl adjacent to an activating group) is 7. The van der Waals surface area contributed by atoms with E-state index < -0.39 is 161 Å². The molecular formula is C76H125N11O16. The Morgan fingerprint density at radius 2 is 1.03 bits per heavy atom. The number of nitrogens with zero attached hydrogens (tertiary/aromatic N) is 7. The van der Waals surface area contributed by atoms with Crippen LogP contribution in [0.3, 0.4) is 0 Å². The molecule has 0 radical (unpaired) electrons. The summed E-state index contributed by atoms with van der Waals surface area (Å²) in [4.78, 5) is 180. The molecule has 2 aromatic rings. The number of carbonyl (C=O) groups excluding carboxylic acids is 11. The van der Waals surface area contributed by atoms with Gasteiger partial charge in [-0.1, -0.05) is 115 Å². The number of phenols is 1. The molecule has 1 aromatic heterocycles. The van der Waals surface area contributed by atoms with Crippen LogP contribution in [0, 0.1) is 41.4 Å². The largest absolute Gasteiger partial charge is 0.504 e. The highest BCUT2D eigenvalue weighted by molar-refractivity contribution is 5.99. The quantitative estimate of drug-likeness (QED) is 0.0724. The number of aliphatic hydroxyl groups is 1. The number of nitrogens with one attached hydrogen (secondary N) is 4. The zero-order chi connectivity index (χ0) is 79.1. The highest BCUT2D eigenvalue weighted by atomic mass is 16.5. The number of hydrogen-bond acceptors (Lipinski definition) is 16. The van der Waals surface area contributed by atoms with E-state index in [0.29, 0.717) is 29.7 Å². The van der Waals surface area contributed by atoms with Crippen molar-refractivity contribution < 1.29 is 72.1 Å². The number of amides is 11. The number of allylic oxidation sites excluding steroid dienone is 3. The minimum absolute atomic E-state index is 0.0229. The van der Waals surface area contributed by atoms with E-state index >= 15 is 9.59 Å². The third kappa shape index (κ3) is 26.4. The Morgan fingerprint density at radius 1 is 0.553 bits per heavy atom. The van der Waals surface area contributed by atoms with Crippen molar-refractivity contribution in [2.45, 2.75) is 237 Å². The summed E-state index contributed by atoms with van der Waals surface area (Å²) in [6.45, 7) is 33.6. The maximum atomic E-state index is 15.1. The summed E-state index contributed by atoms with van der Waals surface area (Å²) in [5.41, 5.74) is 1.10. The first-order valence-electron chi connectivity index (χ1n) is 36.2. The monoisotopic (exact) mass is 1450 g/mol. The average molecular weight is 1450 g/mol. The number of benzene rings is 1. The number of hydrogen-bond donors (Lipinski definition) is 6. The van der Waals surface area contributed by atoms with Gasteiger partial charge in [-0.15, -0.1) is 0 Å². The second-order valence-corrected chi connectivity index (χ2v) is 30.3. The predicted octanol–water partition coefficient (Wildman–Crippen LogP) is 6.11. The molecule has 1 saturated heterocycles. The van der Waals surface area contributed by atoms with Crippen LogP contribution in [0.1, 0.15) is 170 Å². The summed E-state index contributed by atoms with van der Waals surface area (Å²) in [5, 5.41) is 33.5. The summed E-state index contributed by atoms with van der Waals surface area (Å²) in [6, 6.07) is -6.39. The first kappa shape index (κ1) is 90.7. The summed E-state index contributed by atoms with van der Waals surface area (Å²) in [7, 11) is 9.92. The van der Waals surface area contributed by atoms with Gasteiger partial charge in [-0.25, -0.2) is 4.79 Å². The topological polar surface area (TPSA) is 338 Å². The molecule has 27 heteroatoms. The third-order valence-electron chi connectivity index (χ3n) is 18.5. The van der Waals surface area contributed by atoms with Gasteiger partial charge in [0.2, 0.25) is 65.0 Å². The van der Waals surface area contributed by atoms with Gasteiger partial charge in [0.15, 0.2) is 11.5 Å². The van der Waals surface area contributed by atoms with E-state index in [4.69, 9.17) is 9.15 Å². The number of rotatable bonds is 18. The van der Waals surface area contributed by atoms with E-state index in [2.05, 4.69) is 21.3 Å². The Hall–Kier alpha value is -8.36. The van der Waals surface area contributed by atoms with Crippen molar-refractivity contribution >= 4 is 75.9 Å². The molecule has 1 aliphatic rings. The van der Waals surface area contributed by atoms with Crippen LogP contribution in [0.25, 0.3) is 11.0 Å². The number of aliphatic hydroxyl groups excluding tert-OH is 1. The molecule has 12 unspecified atom stereocenters. The lowest BCUT2D eigenvalue weighted by Crippen LogP contribution is -2.63. The molecule has 11 amide bonds. The molecule has 0 aliphatic carbocycles. The molecule has 580 valence electrons.